The number of hydrogen-bond acceptors (Lipinski definition) is 5. The number of amides is 2. The van der Waals surface area contributed by atoms with Crippen molar-refractivity contribution in [2.45, 2.75) is 0 Å². The van der Waals surface area contributed by atoms with Crippen molar-refractivity contribution in [3.05, 3.63) is 24.0 Å². The lowest BCUT2D eigenvalue weighted by Crippen LogP contribution is -2.14. The standard InChI is InChI=1S/C9H9N5O3/c1-17-9(16)12-6-4-14-7(11-6)3-2-5(13-14)8(10)15/h2-4H,1H3,(H2,10,15)(H,12,16). The summed E-state index contributed by atoms with van der Waals surface area (Å²) >= 11 is 0. The predicted molar refractivity (Wildman–Crippen MR) is 57.5 cm³/mol. The van der Waals surface area contributed by atoms with E-state index in [1.807, 2.05) is 0 Å². The Kier molecular flexibility index (Phi) is 2.61. The number of nitrogens with one attached hydrogen (secondary N) is 1. The lowest BCUT2D eigenvalue weighted by Gasteiger charge is -1.96. The van der Waals surface area contributed by atoms with Gasteiger partial charge in [0.05, 0.1) is 13.3 Å². The number of fused-ring (bicyclic) bond motifs is 1. The van der Waals surface area contributed by atoms with Crippen LogP contribution in [0.4, 0.5) is 10.6 Å². The molecule has 0 aliphatic heterocycles. The van der Waals surface area contributed by atoms with Crippen LogP contribution in [0.15, 0.2) is 18.3 Å². The maximum atomic E-state index is 11.0. The second-order valence-electron chi connectivity index (χ2n) is 3.13. The van der Waals surface area contributed by atoms with Crippen molar-refractivity contribution in [1.29, 1.82) is 0 Å². The van der Waals surface area contributed by atoms with Crippen LogP contribution in [0, 0.1) is 0 Å². The Morgan fingerprint density at radius 3 is 2.88 bits per heavy atom. The third-order valence-electron chi connectivity index (χ3n) is 1.99. The summed E-state index contributed by atoms with van der Waals surface area (Å²) in [6.45, 7) is 0. The van der Waals surface area contributed by atoms with Gasteiger partial charge in [-0.05, 0) is 12.1 Å². The topological polar surface area (TPSA) is 112 Å². The third kappa shape index (κ3) is 2.14. The van der Waals surface area contributed by atoms with Crippen molar-refractivity contribution in [1.82, 2.24) is 14.6 Å². The highest BCUT2D eigenvalue weighted by Gasteiger charge is 2.08. The summed E-state index contributed by atoms with van der Waals surface area (Å²) in [5, 5.41) is 6.30. The number of imidazole rings is 1. The van der Waals surface area contributed by atoms with E-state index in [0.717, 1.165) is 0 Å². The van der Waals surface area contributed by atoms with Crippen LogP contribution in [0.1, 0.15) is 10.5 Å². The van der Waals surface area contributed by atoms with Crippen LogP contribution < -0.4 is 11.1 Å². The number of nitrogens with two attached hydrogens (primary N) is 1. The van der Waals surface area contributed by atoms with E-state index in [9.17, 15) is 9.59 Å². The molecule has 8 nitrogen and oxygen atoms in total. The normalized spacial score (nSPS) is 10.2. The fraction of sp³-hybridized carbons (Fsp3) is 0.111. The molecule has 88 valence electrons. The quantitative estimate of drug-likeness (QED) is 0.761. The molecule has 2 rings (SSSR count). The molecule has 2 heterocycles. The highest BCUT2D eigenvalue weighted by Crippen LogP contribution is 2.09. The third-order valence-corrected chi connectivity index (χ3v) is 1.99. The molecule has 0 fully saturated rings. The number of primary amides is 1. The Morgan fingerprint density at radius 2 is 2.24 bits per heavy atom. The SMILES string of the molecule is COC(=O)Nc1cn2nc(C(N)=O)ccc2n1. The maximum absolute atomic E-state index is 11.0. The van der Waals surface area contributed by atoms with Gasteiger partial charge in [0.1, 0.15) is 5.69 Å². The number of methoxy groups -OCH3 is 1. The molecule has 0 aromatic carbocycles. The minimum Gasteiger partial charge on any atom is -0.453 e. The molecule has 0 unspecified atom stereocenters. The molecule has 0 bridgehead atoms. The van der Waals surface area contributed by atoms with Crippen molar-refractivity contribution in [3.63, 3.8) is 0 Å². The minimum atomic E-state index is -0.636. The average Bonchev–Trinajstić information content (AvgIpc) is 2.69. The van der Waals surface area contributed by atoms with Crippen molar-refractivity contribution in [2.75, 3.05) is 12.4 Å². The number of carbonyl (C=O) groups excluding carboxylic acids is 2. The largest absolute Gasteiger partial charge is 0.453 e. The molecule has 0 saturated heterocycles. The first-order chi connectivity index (χ1) is 8.10. The highest BCUT2D eigenvalue weighted by atomic mass is 16.5. The lowest BCUT2D eigenvalue weighted by atomic mass is 10.4. The van der Waals surface area contributed by atoms with E-state index in [2.05, 4.69) is 20.1 Å². The Hall–Kier alpha value is -2.64. The van der Waals surface area contributed by atoms with Crippen molar-refractivity contribution >= 4 is 23.5 Å². The summed E-state index contributed by atoms with van der Waals surface area (Å²) in [6.07, 6.45) is 0.808. The van der Waals surface area contributed by atoms with Crippen LogP contribution in [0.5, 0.6) is 0 Å². The summed E-state index contributed by atoms with van der Waals surface area (Å²) in [5.74, 6) is -0.367. The number of nitrogens with zero attached hydrogens (tertiary/aromatic N) is 3. The number of ether oxygens (including phenoxy) is 1. The molecule has 3 N–H and O–H groups in total. The molecule has 0 atom stereocenters. The summed E-state index contributed by atoms with van der Waals surface area (Å²) in [6, 6.07) is 3.02. The van der Waals surface area contributed by atoms with Crippen LogP contribution >= 0.6 is 0 Å². The van der Waals surface area contributed by atoms with Gasteiger partial charge in [-0.1, -0.05) is 0 Å². The van der Waals surface area contributed by atoms with Gasteiger partial charge in [0.15, 0.2) is 11.5 Å². The fourth-order valence-electron chi connectivity index (χ4n) is 1.23. The van der Waals surface area contributed by atoms with Gasteiger partial charge in [-0.25, -0.2) is 14.3 Å². The first-order valence-corrected chi connectivity index (χ1v) is 4.61. The molecular formula is C9H9N5O3. The van der Waals surface area contributed by atoms with Gasteiger partial charge >= 0.3 is 6.09 Å². The van der Waals surface area contributed by atoms with Crippen LogP contribution in [-0.2, 0) is 4.74 Å². The van der Waals surface area contributed by atoms with Crippen LogP contribution in [-0.4, -0.2) is 33.7 Å². The van der Waals surface area contributed by atoms with Gasteiger partial charge in [-0.2, -0.15) is 5.10 Å². The number of aromatic nitrogens is 3. The van der Waals surface area contributed by atoms with Crippen molar-refractivity contribution in [2.24, 2.45) is 5.73 Å². The van der Waals surface area contributed by atoms with E-state index in [0.29, 0.717) is 5.65 Å². The van der Waals surface area contributed by atoms with Crippen LogP contribution in [0.3, 0.4) is 0 Å². The smallest absolute Gasteiger partial charge is 0.412 e. The first kappa shape index (κ1) is 10.9. The van der Waals surface area contributed by atoms with Gasteiger partial charge in [-0.15, -0.1) is 0 Å². The van der Waals surface area contributed by atoms with E-state index in [4.69, 9.17) is 5.73 Å². The number of carbonyl (C=O) groups is 2. The molecule has 0 spiro atoms. The summed E-state index contributed by atoms with van der Waals surface area (Å²) in [4.78, 5) is 25.9. The second kappa shape index (κ2) is 4.08. The summed E-state index contributed by atoms with van der Waals surface area (Å²) in [7, 11) is 1.24. The maximum Gasteiger partial charge on any atom is 0.412 e. The minimum absolute atomic E-state index is 0.111. The van der Waals surface area contributed by atoms with Gasteiger partial charge in [-0.3, -0.25) is 10.1 Å². The van der Waals surface area contributed by atoms with E-state index in [1.54, 1.807) is 6.07 Å². The first-order valence-electron chi connectivity index (χ1n) is 4.61. The Labute approximate surface area is 95.4 Å². The van der Waals surface area contributed by atoms with Crippen LogP contribution in [0.2, 0.25) is 0 Å². The van der Waals surface area contributed by atoms with E-state index in [-0.39, 0.29) is 11.5 Å². The van der Waals surface area contributed by atoms with Crippen molar-refractivity contribution in [3.8, 4) is 0 Å². The molecule has 17 heavy (non-hydrogen) atoms. The average molecular weight is 235 g/mol. The number of rotatable bonds is 2. The molecule has 0 aliphatic carbocycles. The summed E-state index contributed by atoms with van der Waals surface area (Å²) < 4.78 is 5.76. The Bertz CT molecular complexity index is 591. The van der Waals surface area contributed by atoms with Gasteiger partial charge in [0.2, 0.25) is 0 Å². The molecule has 0 aliphatic rings. The van der Waals surface area contributed by atoms with E-state index >= 15 is 0 Å². The molecule has 8 heteroatoms. The molecule has 2 aromatic rings. The van der Waals surface area contributed by atoms with Crippen molar-refractivity contribution < 1.29 is 14.3 Å². The predicted octanol–water partition coefficient (Wildman–Crippen LogP) is 0.00650. The fourth-order valence-corrected chi connectivity index (χ4v) is 1.23. The zero-order chi connectivity index (χ0) is 12.4. The van der Waals surface area contributed by atoms with Gasteiger partial charge in [0, 0.05) is 0 Å². The zero-order valence-electron chi connectivity index (χ0n) is 8.88. The molecule has 2 amide bonds. The number of hydrogen-bond donors (Lipinski definition) is 2. The van der Waals surface area contributed by atoms with Gasteiger partial charge in [0.25, 0.3) is 5.91 Å². The van der Waals surface area contributed by atoms with Gasteiger partial charge < -0.3 is 10.5 Å². The van der Waals surface area contributed by atoms with E-state index in [1.165, 1.54) is 23.9 Å². The number of anilines is 1. The highest BCUT2D eigenvalue weighted by molar-refractivity contribution is 5.90. The molecule has 0 radical (unpaired) electrons. The lowest BCUT2D eigenvalue weighted by molar-refractivity contribution is 0.0994. The Morgan fingerprint density at radius 1 is 1.47 bits per heavy atom. The van der Waals surface area contributed by atoms with E-state index < -0.39 is 12.0 Å². The van der Waals surface area contributed by atoms with Crippen LogP contribution in [0.25, 0.3) is 5.65 Å². The monoisotopic (exact) mass is 235 g/mol. The molecule has 2 aromatic heterocycles. The second-order valence-corrected chi connectivity index (χ2v) is 3.13. The molecular weight excluding hydrogens is 226 g/mol. The molecule has 0 saturated carbocycles. The zero-order valence-corrected chi connectivity index (χ0v) is 8.88. The Balaban J connectivity index is 2.37. The summed E-state index contributed by atoms with van der Waals surface area (Å²) in [5.41, 5.74) is 5.67.